The van der Waals surface area contributed by atoms with Gasteiger partial charge in [-0.15, -0.1) is 0 Å². The second-order valence-electron chi connectivity index (χ2n) is 4.90. The van der Waals surface area contributed by atoms with E-state index in [1.165, 1.54) is 5.56 Å². The van der Waals surface area contributed by atoms with Gasteiger partial charge in [-0.25, -0.2) is 4.79 Å². The van der Waals surface area contributed by atoms with E-state index in [-0.39, 0.29) is 18.7 Å². The van der Waals surface area contributed by atoms with Gasteiger partial charge in [0.25, 0.3) is 0 Å². The third kappa shape index (κ3) is 5.92. The predicted octanol–water partition coefficient (Wildman–Crippen LogP) is 2.79. The Labute approximate surface area is 129 Å². The maximum atomic E-state index is 12.1. The first-order chi connectivity index (χ1) is 9.56. The van der Waals surface area contributed by atoms with Crippen LogP contribution in [0.15, 0.2) is 28.7 Å². The van der Waals surface area contributed by atoms with E-state index in [2.05, 4.69) is 27.3 Å². The van der Waals surface area contributed by atoms with Crippen molar-refractivity contribution in [1.82, 2.24) is 10.2 Å². The highest BCUT2D eigenvalue weighted by Crippen LogP contribution is 2.13. The summed E-state index contributed by atoms with van der Waals surface area (Å²) >= 11 is 3.44. The third-order valence-corrected chi connectivity index (χ3v) is 3.44. The number of carbonyl (C=O) groups is 1. The van der Waals surface area contributed by atoms with E-state index in [9.17, 15) is 4.79 Å². The van der Waals surface area contributed by atoms with Crippen molar-refractivity contribution in [3.05, 3.63) is 34.3 Å². The van der Waals surface area contributed by atoms with Crippen LogP contribution < -0.4 is 5.32 Å². The molecule has 0 bridgehead atoms. The molecule has 0 radical (unpaired) electrons. The van der Waals surface area contributed by atoms with Crippen LogP contribution in [-0.2, 0) is 6.42 Å². The van der Waals surface area contributed by atoms with Crippen LogP contribution in [0.4, 0.5) is 4.79 Å². The van der Waals surface area contributed by atoms with Crippen molar-refractivity contribution < 1.29 is 9.90 Å². The molecule has 1 rings (SSSR count). The number of aliphatic hydroxyl groups is 1. The molecule has 5 heteroatoms. The van der Waals surface area contributed by atoms with E-state index in [1.54, 1.807) is 4.90 Å². The Kier molecular flexibility index (Phi) is 7.62. The lowest BCUT2D eigenvalue weighted by atomic mass is 10.1. The number of amides is 2. The number of carbonyl (C=O) groups excluding carboxylic acids is 1. The molecule has 0 heterocycles. The molecular formula is C15H23BrN2O2. The van der Waals surface area contributed by atoms with E-state index in [1.807, 2.05) is 32.0 Å². The van der Waals surface area contributed by atoms with Crippen LogP contribution in [0, 0.1) is 0 Å². The smallest absolute Gasteiger partial charge is 0.317 e. The Balaban J connectivity index is 2.51. The van der Waals surface area contributed by atoms with Gasteiger partial charge < -0.3 is 15.3 Å². The summed E-state index contributed by atoms with van der Waals surface area (Å²) in [7, 11) is 0. The third-order valence-electron chi connectivity index (χ3n) is 2.95. The van der Waals surface area contributed by atoms with Crippen LogP contribution in [-0.4, -0.2) is 41.8 Å². The van der Waals surface area contributed by atoms with Crippen LogP contribution in [0.5, 0.6) is 0 Å². The summed E-state index contributed by atoms with van der Waals surface area (Å²) in [5.41, 5.74) is 1.18. The van der Waals surface area contributed by atoms with Crippen LogP contribution in [0.1, 0.15) is 25.8 Å². The van der Waals surface area contributed by atoms with Crippen LogP contribution in [0.2, 0.25) is 0 Å². The molecular weight excluding hydrogens is 320 g/mol. The average molecular weight is 343 g/mol. The Morgan fingerprint density at radius 2 is 2.20 bits per heavy atom. The number of hydrogen-bond donors (Lipinski definition) is 2. The summed E-state index contributed by atoms with van der Waals surface area (Å²) in [5.74, 6) is 0. The van der Waals surface area contributed by atoms with Crippen molar-refractivity contribution in [2.24, 2.45) is 0 Å². The van der Waals surface area contributed by atoms with E-state index in [4.69, 9.17) is 5.11 Å². The van der Waals surface area contributed by atoms with E-state index >= 15 is 0 Å². The zero-order chi connectivity index (χ0) is 15.0. The van der Waals surface area contributed by atoms with Crippen molar-refractivity contribution in [3.63, 3.8) is 0 Å². The number of urea groups is 1. The number of nitrogens with one attached hydrogen (secondary N) is 1. The lowest BCUT2D eigenvalue weighted by Crippen LogP contribution is -2.45. The summed E-state index contributed by atoms with van der Waals surface area (Å²) in [4.78, 5) is 13.7. The highest BCUT2D eigenvalue weighted by atomic mass is 79.9. The Morgan fingerprint density at radius 1 is 1.45 bits per heavy atom. The topological polar surface area (TPSA) is 52.6 Å². The first kappa shape index (κ1) is 17.0. The number of hydrogen-bond acceptors (Lipinski definition) is 2. The van der Waals surface area contributed by atoms with E-state index < -0.39 is 0 Å². The van der Waals surface area contributed by atoms with Gasteiger partial charge in [0.05, 0.1) is 6.61 Å². The largest absolute Gasteiger partial charge is 0.395 e. The van der Waals surface area contributed by atoms with Gasteiger partial charge >= 0.3 is 6.03 Å². The van der Waals surface area contributed by atoms with Gasteiger partial charge in [-0.05, 0) is 37.5 Å². The molecule has 1 unspecified atom stereocenters. The molecule has 112 valence electrons. The molecule has 2 amide bonds. The van der Waals surface area contributed by atoms with Gasteiger partial charge in [-0.3, -0.25) is 0 Å². The molecule has 0 fully saturated rings. The molecule has 0 aliphatic rings. The molecule has 0 aliphatic carbocycles. The maximum Gasteiger partial charge on any atom is 0.317 e. The average Bonchev–Trinajstić information content (AvgIpc) is 2.38. The van der Waals surface area contributed by atoms with Gasteiger partial charge in [-0.2, -0.15) is 0 Å². The van der Waals surface area contributed by atoms with Crippen LogP contribution in [0.25, 0.3) is 0 Å². The molecule has 1 aromatic rings. The molecule has 0 saturated carbocycles. The molecule has 1 aromatic carbocycles. The number of rotatable bonds is 7. The molecule has 0 aliphatic heterocycles. The normalized spacial score (nSPS) is 12.0. The molecule has 2 N–H and O–H groups in total. The van der Waals surface area contributed by atoms with Gasteiger partial charge in [0.2, 0.25) is 0 Å². The van der Waals surface area contributed by atoms with Gasteiger partial charge in [-0.1, -0.05) is 35.0 Å². The highest BCUT2D eigenvalue weighted by Gasteiger charge is 2.14. The predicted molar refractivity (Wildman–Crippen MR) is 84.8 cm³/mol. The van der Waals surface area contributed by atoms with E-state index in [0.717, 1.165) is 17.3 Å². The summed E-state index contributed by atoms with van der Waals surface area (Å²) in [6.45, 7) is 5.04. The number of halogens is 1. The Morgan fingerprint density at radius 3 is 2.80 bits per heavy atom. The quantitative estimate of drug-likeness (QED) is 0.800. The second kappa shape index (κ2) is 8.97. The first-order valence-corrected chi connectivity index (χ1v) is 7.76. The summed E-state index contributed by atoms with van der Waals surface area (Å²) in [5, 5.41) is 12.0. The van der Waals surface area contributed by atoms with E-state index in [0.29, 0.717) is 13.1 Å². The minimum Gasteiger partial charge on any atom is -0.395 e. The molecule has 20 heavy (non-hydrogen) atoms. The lowest BCUT2D eigenvalue weighted by molar-refractivity contribution is 0.174. The maximum absolute atomic E-state index is 12.1. The summed E-state index contributed by atoms with van der Waals surface area (Å²) in [6.07, 6.45) is 1.66. The van der Waals surface area contributed by atoms with Crippen molar-refractivity contribution in [2.45, 2.75) is 32.7 Å². The highest BCUT2D eigenvalue weighted by molar-refractivity contribution is 9.10. The molecule has 0 aromatic heterocycles. The fourth-order valence-electron chi connectivity index (χ4n) is 2.08. The minimum atomic E-state index is -0.108. The van der Waals surface area contributed by atoms with Gasteiger partial charge in [0, 0.05) is 23.6 Å². The Bertz CT molecular complexity index is 420. The summed E-state index contributed by atoms with van der Waals surface area (Å²) in [6, 6.07) is 8.02. The minimum absolute atomic E-state index is 0.00651. The fraction of sp³-hybridized carbons (Fsp3) is 0.533. The number of aliphatic hydroxyl groups excluding tert-OH is 1. The molecule has 1 atom stereocenters. The van der Waals surface area contributed by atoms with Crippen LogP contribution in [0.3, 0.4) is 0 Å². The molecule has 4 nitrogen and oxygen atoms in total. The zero-order valence-corrected chi connectivity index (χ0v) is 13.7. The summed E-state index contributed by atoms with van der Waals surface area (Å²) < 4.78 is 1.04. The first-order valence-electron chi connectivity index (χ1n) is 6.97. The lowest BCUT2D eigenvalue weighted by Gasteiger charge is -2.24. The Hall–Kier alpha value is -1.07. The van der Waals surface area contributed by atoms with Crippen LogP contribution >= 0.6 is 15.9 Å². The monoisotopic (exact) mass is 342 g/mol. The van der Waals surface area contributed by atoms with Crippen molar-refractivity contribution in [1.29, 1.82) is 0 Å². The van der Waals surface area contributed by atoms with Crippen molar-refractivity contribution >= 4 is 22.0 Å². The SMILES string of the molecule is CCCN(CCO)C(=O)NC(C)Cc1cccc(Br)c1. The van der Waals surface area contributed by atoms with Gasteiger partial charge in [0.1, 0.15) is 0 Å². The fourth-order valence-corrected chi connectivity index (χ4v) is 2.52. The van der Waals surface area contributed by atoms with Crippen molar-refractivity contribution in [3.8, 4) is 0 Å². The zero-order valence-electron chi connectivity index (χ0n) is 12.1. The molecule has 0 saturated heterocycles. The van der Waals surface area contributed by atoms with Crippen molar-refractivity contribution in [2.75, 3.05) is 19.7 Å². The number of benzene rings is 1. The second-order valence-corrected chi connectivity index (χ2v) is 5.81. The number of nitrogens with zero attached hydrogens (tertiary/aromatic N) is 1. The standard InChI is InChI=1S/C15H23BrN2O2/c1-3-7-18(8-9-19)15(20)17-12(2)10-13-5-4-6-14(16)11-13/h4-6,11-12,19H,3,7-10H2,1-2H3,(H,17,20). The van der Waals surface area contributed by atoms with Gasteiger partial charge in [0.15, 0.2) is 0 Å². The molecule has 0 spiro atoms.